The van der Waals surface area contributed by atoms with E-state index >= 15 is 0 Å². The maximum Gasteiger partial charge on any atom is 0.128 e. The van der Waals surface area contributed by atoms with Gasteiger partial charge in [-0.25, -0.2) is 4.98 Å². The number of pyridine rings is 1. The highest BCUT2D eigenvalue weighted by atomic mass is 16.5. The van der Waals surface area contributed by atoms with Gasteiger partial charge in [-0.1, -0.05) is 0 Å². The fraction of sp³-hybridized carbons (Fsp3) is 0.500. The van der Waals surface area contributed by atoms with E-state index < -0.39 is 0 Å². The molecule has 0 aromatic carbocycles. The van der Waals surface area contributed by atoms with Crippen LogP contribution in [0.15, 0.2) is 18.3 Å². The van der Waals surface area contributed by atoms with Gasteiger partial charge >= 0.3 is 0 Å². The minimum Gasteiger partial charge on any atom is -0.399 e. The zero-order valence-electron chi connectivity index (χ0n) is 8.66. The topological polar surface area (TPSA) is 60.2 Å². The quantitative estimate of drug-likeness (QED) is 0.747. The maximum atomic E-state index is 5.61. The number of nitrogen functional groups attached to an aromatic ring is 1. The van der Waals surface area contributed by atoms with Crippen molar-refractivity contribution in [2.45, 2.75) is 20.0 Å². The molecule has 4 heteroatoms. The number of nitrogens with two attached hydrogens (primary N) is 1. The zero-order chi connectivity index (χ0) is 10.4. The van der Waals surface area contributed by atoms with Crippen LogP contribution in [-0.4, -0.2) is 24.2 Å². The van der Waals surface area contributed by atoms with Crippen LogP contribution in [0.25, 0.3) is 0 Å². The van der Waals surface area contributed by atoms with Crippen molar-refractivity contribution in [1.82, 2.24) is 4.98 Å². The largest absolute Gasteiger partial charge is 0.399 e. The Kier molecular flexibility index (Phi) is 4.19. The molecular formula is C10H17N3O. The summed E-state index contributed by atoms with van der Waals surface area (Å²) < 4.78 is 5.37. The summed E-state index contributed by atoms with van der Waals surface area (Å²) in [6.45, 7) is 5.47. The van der Waals surface area contributed by atoms with Crippen LogP contribution in [0.2, 0.25) is 0 Å². The monoisotopic (exact) mass is 195 g/mol. The van der Waals surface area contributed by atoms with Crippen molar-refractivity contribution in [2.24, 2.45) is 0 Å². The Morgan fingerprint density at radius 1 is 1.64 bits per heavy atom. The van der Waals surface area contributed by atoms with Crippen LogP contribution in [-0.2, 0) is 4.74 Å². The van der Waals surface area contributed by atoms with Crippen LogP contribution in [0.3, 0.4) is 0 Å². The second kappa shape index (κ2) is 5.44. The van der Waals surface area contributed by atoms with Gasteiger partial charge in [0.05, 0.1) is 6.10 Å². The summed E-state index contributed by atoms with van der Waals surface area (Å²) >= 11 is 0. The molecule has 1 aromatic heterocycles. The van der Waals surface area contributed by atoms with Gasteiger partial charge in [0, 0.05) is 31.1 Å². The maximum absolute atomic E-state index is 5.61. The molecule has 0 bridgehead atoms. The average Bonchev–Trinajstić information content (AvgIpc) is 2.15. The lowest BCUT2D eigenvalue weighted by molar-refractivity contribution is 0.0855. The second-order valence-electron chi connectivity index (χ2n) is 3.12. The van der Waals surface area contributed by atoms with E-state index in [0.717, 1.165) is 19.0 Å². The predicted octanol–water partition coefficient (Wildman–Crippen LogP) is 1.50. The van der Waals surface area contributed by atoms with Gasteiger partial charge in [0.25, 0.3) is 0 Å². The molecule has 0 spiro atoms. The third kappa shape index (κ3) is 3.62. The summed E-state index contributed by atoms with van der Waals surface area (Å²) in [5, 5.41) is 3.15. The fourth-order valence-corrected chi connectivity index (χ4v) is 1.14. The van der Waals surface area contributed by atoms with Crippen LogP contribution in [0, 0.1) is 0 Å². The standard InChI is InChI=1S/C10H17N3O/c1-3-14-8(2)7-13-10-6-9(11)4-5-12-10/h4-6,8H,3,7H2,1-2H3,(H3,11,12,13). The highest BCUT2D eigenvalue weighted by Gasteiger charge is 2.00. The zero-order valence-corrected chi connectivity index (χ0v) is 8.66. The third-order valence-corrected chi connectivity index (χ3v) is 1.81. The SMILES string of the molecule is CCOC(C)CNc1cc(N)ccn1. The number of nitrogens with one attached hydrogen (secondary N) is 1. The molecule has 0 amide bonds. The molecule has 0 fully saturated rings. The predicted molar refractivity (Wildman–Crippen MR) is 58.2 cm³/mol. The van der Waals surface area contributed by atoms with Crippen molar-refractivity contribution in [3.63, 3.8) is 0 Å². The third-order valence-electron chi connectivity index (χ3n) is 1.81. The van der Waals surface area contributed by atoms with Crippen LogP contribution in [0.4, 0.5) is 11.5 Å². The summed E-state index contributed by atoms with van der Waals surface area (Å²) in [7, 11) is 0. The molecule has 1 atom stereocenters. The Labute approximate surface area is 84.5 Å². The van der Waals surface area contributed by atoms with Gasteiger partial charge in [0.15, 0.2) is 0 Å². The first-order valence-corrected chi connectivity index (χ1v) is 4.79. The van der Waals surface area contributed by atoms with E-state index in [2.05, 4.69) is 10.3 Å². The van der Waals surface area contributed by atoms with E-state index in [-0.39, 0.29) is 6.10 Å². The number of hydrogen-bond donors (Lipinski definition) is 2. The van der Waals surface area contributed by atoms with Crippen LogP contribution >= 0.6 is 0 Å². The molecule has 78 valence electrons. The van der Waals surface area contributed by atoms with Gasteiger partial charge < -0.3 is 15.8 Å². The van der Waals surface area contributed by atoms with E-state index in [4.69, 9.17) is 10.5 Å². The molecule has 3 N–H and O–H groups in total. The molecule has 0 saturated heterocycles. The molecule has 1 aromatic rings. The van der Waals surface area contributed by atoms with Gasteiger partial charge in [-0.2, -0.15) is 0 Å². The Bertz CT molecular complexity index is 278. The smallest absolute Gasteiger partial charge is 0.128 e. The van der Waals surface area contributed by atoms with Crippen molar-refractivity contribution >= 4 is 11.5 Å². The van der Waals surface area contributed by atoms with E-state index in [1.165, 1.54) is 0 Å². The molecule has 0 aliphatic heterocycles. The lowest BCUT2D eigenvalue weighted by Crippen LogP contribution is -2.20. The highest BCUT2D eigenvalue weighted by molar-refractivity contribution is 5.48. The van der Waals surface area contributed by atoms with E-state index in [0.29, 0.717) is 5.69 Å². The molecule has 1 rings (SSSR count). The van der Waals surface area contributed by atoms with Crippen molar-refractivity contribution in [3.05, 3.63) is 18.3 Å². The number of rotatable bonds is 5. The average molecular weight is 195 g/mol. The Balaban J connectivity index is 2.37. The molecule has 1 heterocycles. The summed E-state index contributed by atoms with van der Waals surface area (Å²) in [5.41, 5.74) is 6.33. The second-order valence-corrected chi connectivity index (χ2v) is 3.12. The van der Waals surface area contributed by atoms with Gasteiger partial charge in [-0.05, 0) is 19.9 Å². The first-order chi connectivity index (χ1) is 6.72. The van der Waals surface area contributed by atoms with Crippen LogP contribution in [0.1, 0.15) is 13.8 Å². The number of ether oxygens (including phenoxy) is 1. The van der Waals surface area contributed by atoms with Crippen molar-refractivity contribution in [3.8, 4) is 0 Å². The summed E-state index contributed by atoms with van der Waals surface area (Å²) in [4.78, 5) is 4.12. The van der Waals surface area contributed by atoms with E-state index in [1.54, 1.807) is 18.3 Å². The molecule has 0 radical (unpaired) electrons. The van der Waals surface area contributed by atoms with Crippen LogP contribution < -0.4 is 11.1 Å². The van der Waals surface area contributed by atoms with Gasteiger partial charge in [-0.15, -0.1) is 0 Å². The van der Waals surface area contributed by atoms with Gasteiger partial charge in [-0.3, -0.25) is 0 Å². The van der Waals surface area contributed by atoms with Crippen molar-refractivity contribution in [1.29, 1.82) is 0 Å². The molecule has 14 heavy (non-hydrogen) atoms. The lowest BCUT2D eigenvalue weighted by Gasteiger charge is -2.12. The van der Waals surface area contributed by atoms with Gasteiger partial charge in [0.2, 0.25) is 0 Å². The van der Waals surface area contributed by atoms with Crippen molar-refractivity contribution in [2.75, 3.05) is 24.2 Å². The first-order valence-electron chi connectivity index (χ1n) is 4.79. The van der Waals surface area contributed by atoms with E-state index in [1.807, 2.05) is 13.8 Å². The molecule has 0 aliphatic carbocycles. The summed E-state index contributed by atoms with van der Waals surface area (Å²) in [6.07, 6.45) is 1.87. The molecular weight excluding hydrogens is 178 g/mol. The summed E-state index contributed by atoms with van der Waals surface area (Å²) in [6, 6.07) is 3.57. The molecule has 0 aliphatic rings. The van der Waals surface area contributed by atoms with Crippen molar-refractivity contribution < 1.29 is 4.74 Å². The van der Waals surface area contributed by atoms with Gasteiger partial charge in [0.1, 0.15) is 5.82 Å². The summed E-state index contributed by atoms with van der Waals surface area (Å²) in [5.74, 6) is 0.788. The normalized spacial score (nSPS) is 12.4. The Morgan fingerprint density at radius 3 is 3.07 bits per heavy atom. The Morgan fingerprint density at radius 2 is 2.43 bits per heavy atom. The van der Waals surface area contributed by atoms with Crippen LogP contribution in [0.5, 0.6) is 0 Å². The molecule has 0 saturated carbocycles. The number of aromatic nitrogens is 1. The minimum absolute atomic E-state index is 0.184. The molecule has 4 nitrogen and oxygen atoms in total. The number of nitrogens with zero attached hydrogens (tertiary/aromatic N) is 1. The first kappa shape index (κ1) is 10.8. The minimum atomic E-state index is 0.184. The fourth-order valence-electron chi connectivity index (χ4n) is 1.14. The number of hydrogen-bond acceptors (Lipinski definition) is 4. The number of anilines is 2. The Hall–Kier alpha value is -1.29. The molecule has 1 unspecified atom stereocenters. The lowest BCUT2D eigenvalue weighted by atomic mass is 10.3. The van der Waals surface area contributed by atoms with E-state index in [9.17, 15) is 0 Å². The highest BCUT2D eigenvalue weighted by Crippen LogP contribution is 2.07.